The van der Waals surface area contributed by atoms with E-state index >= 15 is 0 Å². The Morgan fingerprint density at radius 3 is 1.73 bits per heavy atom. The number of rotatable bonds is 17. The van der Waals surface area contributed by atoms with Crippen molar-refractivity contribution in [2.45, 2.75) is 32.1 Å². The largest absolute Gasteiger partial charge is 0.508 e. The van der Waals surface area contributed by atoms with Crippen molar-refractivity contribution < 1.29 is 10.2 Å². The highest BCUT2D eigenvalue weighted by molar-refractivity contribution is 5.41. The summed E-state index contributed by atoms with van der Waals surface area (Å²) < 4.78 is 0. The molecule has 4 aromatic rings. The lowest BCUT2D eigenvalue weighted by Gasteiger charge is -2.34. The first kappa shape index (κ1) is 30.3. The highest BCUT2D eigenvalue weighted by Crippen LogP contribution is 2.31. The van der Waals surface area contributed by atoms with E-state index in [0.29, 0.717) is 6.54 Å². The molecule has 5 N–H and O–H groups in total. The van der Waals surface area contributed by atoms with Crippen LogP contribution in [0, 0.1) is 0 Å². The predicted octanol–water partition coefficient (Wildman–Crippen LogP) is 3.41. The summed E-state index contributed by atoms with van der Waals surface area (Å²) in [4.78, 5) is 11.2. The molecule has 0 spiro atoms. The third-order valence-corrected chi connectivity index (χ3v) is 7.20. The molecular formula is C33H42N6O2. The number of aromatic hydroxyl groups is 1. The number of phenolic OH excluding ortho intramolecular Hbond substituents is 1. The second-order valence-electron chi connectivity index (χ2n) is 10.1. The van der Waals surface area contributed by atoms with E-state index in [0.717, 1.165) is 68.3 Å². The van der Waals surface area contributed by atoms with Crippen molar-refractivity contribution in [2.75, 3.05) is 39.3 Å². The zero-order chi connectivity index (χ0) is 28.8. The summed E-state index contributed by atoms with van der Waals surface area (Å²) in [6.45, 7) is 8.40. The van der Waals surface area contributed by atoms with Gasteiger partial charge in [0.2, 0.25) is 0 Å². The minimum Gasteiger partial charge on any atom is -0.508 e. The van der Waals surface area contributed by atoms with Crippen LogP contribution in [-0.4, -0.2) is 64.4 Å². The maximum Gasteiger partial charge on any atom is 0.115 e. The third kappa shape index (κ3) is 8.91. The molecule has 1 atom stereocenters. The molecule has 8 nitrogen and oxygen atoms in total. The van der Waals surface area contributed by atoms with Crippen LogP contribution in [0.3, 0.4) is 0 Å². The minimum absolute atomic E-state index is 0.0963. The maximum atomic E-state index is 10.5. The van der Waals surface area contributed by atoms with Gasteiger partial charge in [-0.25, -0.2) is 0 Å². The summed E-state index contributed by atoms with van der Waals surface area (Å²) >= 11 is 0. The molecule has 0 aliphatic heterocycles. The summed E-state index contributed by atoms with van der Waals surface area (Å²) in [5, 5.41) is 30.9. The van der Waals surface area contributed by atoms with Gasteiger partial charge in [0.05, 0.1) is 23.5 Å². The Balaban J connectivity index is 1.41. The molecule has 0 bridgehead atoms. The highest BCUT2D eigenvalue weighted by Gasteiger charge is 2.32. The molecule has 2 heterocycles. The molecule has 0 amide bonds. The van der Waals surface area contributed by atoms with Crippen molar-refractivity contribution in [1.82, 2.24) is 30.8 Å². The van der Waals surface area contributed by atoms with Gasteiger partial charge in [0.15, 0.2) is 0 Å². The van der Waals surface area contributed by atoms with Crippen molar-refractivity contribution in [2.24, 2.45) is 0 Å². The Bertz CT molecular complexity index is 1230. The molecule has 4 rings (SSSR count). The van der Waals surface area contributed by atoms with Crippen molar-refractivity contribution >= 4 is 0 Å². The lowest BCUT2D eigenvalue weighted by Crippen LogP contribution is -2.46. The smallest absolute Gasteiger partial charge is 0.115 e. The van der Waals surface area contributed by atoms with Crippen LogP contribution >= 0.6 is 0 Å². The van der Waals surface area contributed by atoms with Crippen LogP contribution in [0.4, 0.5) is 0 Å². The Morgan fingerprint density at radius 1 is 0.732 bits per heavy atom. The molecule has 41 heavy (non-hydrogen) atoms. The van der Waals surface area contributed by atoms with Crippen molar-refractivity contribution in [1.29, 1.82) is 0 Å². The lowest BCUT2D eigenvalue weighted by molar-refractivity contribution is 0.193. The van der Waals surface area contributed by atoms with E-state index in [2.05, 4.69) is 55.1 Å². The van der Waals surface area contributed by atoms with Gasteiger partial charge in [0.1, 0.15) is 5.75 Å². The predicted molar refractivity (Wildman–Crippen MR) is 163 cm³/mol. The summed E-state index contributed by atoms with van der Waals surface area (Å²) in [6, 6.07) is 27.5. The molecule has 0 aliphatic carbocycles. The van der Waals surface area contributed by atoms with E-state index in [1.807, 2.05) is 67.8 Å². The zero-order valence-corrected chi connectivity index (χ0v) is 23.8. The van der Waals surface area contributed by atoms with E-state index in [9.17, 15) is 10.2 Å². The number of aliphatic hydroxyl groups is 1. The summed E-state index contributed by atoms with van der Waals surface area (Å²) in [6.07, 6.45) is 3.65. The molecule has 0 radical (unpaired) electrons. The molecule has 8 heteroatoms. The van der Waals surface area contributed by atoms with E-state index in [4.69, 9.17) is 0 Å². The molecule has 0 aliphatic rings. The standard InChI is InChI=1S/C33H42N6O2/c1-2-38-33(26-40,29-13-15-32(41)16-14-29)28-11-9-27(10-12-28)25-39(21-19-34-23-30-7-3-5-17-36-30)22-20-35-24-31-8-4-6-18-37-31/h3-18,34-35,38,40-41H,2,19-26H2,1H3. The number of aromatic nitrogens is 2. The number of hydrogen-bond donors (Lipinski definition) is 5. The van der Waals surface area contributed by atoms with Crippen LogP contribution in [0.25, 0.3) is 0 Å². The molecule has 0 saturated heterocycles. The first-order valence-electron chi connectivity index (χ1n) is 14.3. The van der Waals surface area contributed by atoms with Gasteiger partial charge < -0.3 is 26.2 Å². The number of benzene rings is 2. The van der Waals surface area contributed by atoms with Gasteiger partial charge >= 0.3 is 0 Å². The fourth-order valence-corrected chi connectivity index (χ4v) is 4.99. The van der Waals surface area contributed by atoms with Crippen molar-refractivity contribution in [3.63, 3.8) is 0 Å². The Morgan fingerprint density at radius 2 is 1.27 bits per heavy atom. The fraction of sp³-hybridized carbons (Fsp3) is 0.333. The van der Waals surface area contributed by atoms with Crippen molar-refractivity contribution in [3.05, 3.63) is 125 Å². The van der Waals surface area contributed by atoms with E-state index in [1.165, 1.54) is 5.56 Å². The molecular weight excluding hydrogens is 512 g/mol. The Hall–Kier alpha value is -3.66. The Kier molecular flexibility index (Phi) is 11.8. The number of likely N-dealkylation sites (N-methyl/N-ethyl adjacent to an activating group) is 1. The number of nitrogens with one attached hydrogen (secondary N) is 3. The van der Waals surface area contributed by atoms with Gasteiger partial charge in [-0.15, -0.1) is 0 Å². The quantitative estimate of drug-likeness (QED) is 0.127. The summed E-state index contributed by atoms with van der Waals surface area (Å²) in [5.41, 5.74) is 4.42. The molecule has 1 unspecified atom stereocenters. The number of pyridine rings is 2. The van der Waals surface area contributed by atoms with Crippen LogP contribution in [0.15, 0.2) is 97.3 Å². The monoisotopic (exact) mass is 554 g/mol. The van der Waals surface area contributed by atoms with Gasteiger partial charge in [-0.3, -0.25) is 14.9 Å². The summed E-state index contributed by atoms with van der Waals surface area (Å²) in [5.74, 6) is 0.205. The topological polar surface area (TPSA) is 106 Å². The van der Waals surface area contributed by atoms with Crippen LogP contribution in [0.1, 0.15) is 35.0 Å². The molecule has 2 aromatic carbocycles. The minimum atomic E-state index is -0.745. The zero-order valence-electron chi connectivity index (χ0n) is 23.8. The molecule has 0 saturated carbocycles. The van der Waals surface area contributed by atoms with Crippen LogP contribution in [-0.2, 0) is 25.2 Å². The molecule has 2 aromatic heterocycles. The van der Waals surface area contributed by atoms with E-state index < -0.39 is 5.54 Å². The van der Waals surface area contributed by atoms with Gasteiger partial charge in [-0.05, 0) is 59.6 Å². The average molecular weight is 555 g/mol. The molecule has 216 valence electrons. The van der Waals surface area contributed by atoms with Crippen LogP contribution in [0.5, 0.6) is 5.75 Å². The Labute approximate surface area is 243 Å². The van der Waals surface area contributed by atoms with Crippen LogP contribution < -0.4 is 16.0 Å². The number of nitrogens with zero attached hydrogens (tertiary/aromatic N) is 3. The van der Waals surface area contributed by atoms with Gasteiger partial charge in [0.25, 0.3) is 0 Å². The van der Waals surface area contributed by atoms with Gasteiger partial charge in [-0.1, -0.05) is 55.5 Å². The van der Waals surface area contributed by atoms with E-state index in [1.54, 1.807) is 12.1 Å². The normalized spacial score (nSPS) is 12.9. The van der Waals surface area contributed by atoms with Crippen molar-refractivity contribution in [3.8, 4) is 5.75 Å². The number of aliphatic hydroxyl groups excluding tert-OH is 1. The number of phenols is 1. The number of hydrogen-bond acceptors (Lipinski definition) is 8. The highest BCUT2D eigenvalue weighted by atomic mass is 16.3. The van der Waals surface area contributed by atoms with E-state index in [-0.39, 0.29) is 12.4 Å². The summed E-state index contributed by atoms with van der Waals surface area (Å²) in [7, 11) is 0. The van der Waals surface area contributed by atoms with Crippen LogP contribution in [0.2, 0.25) is 0 Å². The SMILES string of the molecule is CCNC(CO)(c1ccc(O)cc1)c1ccc(CN(CCNCc2ccccn2)CCNCc2ccccn2)cc1. The average Bonchev–Trinajstić information content (AvgIpc) is 3.02. The van der Waals surface area contributed by atoms with Gasteiger partial charge in [0, 0.05) is 58.2 Å². The molecule has 0 fully saturated rings. The first-order valence-corrected chi connectivity index (χ1v) is 14.3. The first-order chi connectivity index (χ1) is 20.1. The maximum absolute atomic E-state index is 10.5. The second kappa shape index (κ2) is 16.0. The second-order valence-corrected chi connectivity index (χ2v) is 10.1. The fourth-order valence-electron chi connectivity index (χ4n) is 4.99. The third-order valence-electron chi connectivity index (χ3n) is 7.20. The van der Waals surface area contributed by atoms with Gasteiger partial charge in [-0.2, -0.15) is 0 Å². The lowest BCUT2D eigenvalue weighted by atomic mass is 9.83.